The molecule has 1 aromatic carbocycles. The van der Waals surface area contributed by atoms with Crippen molar-refractivity contribution in [2.45, 2.75) is 46.2 Å². The highest BCUT2D eigenvalue weighted by Crippen LogP contribution is 2.24. The number of hydrogen-bond acceptors (Lipinski definition) is 3. The third-order valence-electron chi connectivity index (χ3n) is 3.34. The molecule has 0 saturated carbocycles. The molecule has 0 radical (unpaired) electrons. The Kier molecular flexibility index (Phi) is 6.89. The van der Waals surface area contributed by atoms with E-state index in [1.165, 1.54) is 5.56 Å². The highest BCUT2D eigenvalue weighted by molar-refractivity contribution is 5.29. The largest absolute Gasteiger partial charge is 0.494 e. The minimum Gasteiger partial charge on any atom is -0.494 e. The number of rotatable bonds is 8. The Morgan fingerprint density at radius 1 is 1.16 bits per heavy atom. The van der Waals surface area contributed by atoms with Gasteiger partial charge >= 0.3 is 0 Å². The molecule has 0 fully saturated rings. The van der Waals surface area contributed by atoms with E-state index in [9.17, 15) is 0 Å². The lowest BCUT2D eigenvalue weighted by molar-refractivity contribution is 0.157. The van der Waals surface area contributed by atoms with Gasteiger partial charge in [-0.3, -0.25) is 4.90 Å². The van der Waals surface area contributed by atoms with Gasteiger partial charge in [-0.15, -0.1) is 0 Å². The van der Waals surface area contributed by atoms with Crippen molar-refractivity contribution in [1.29, 1.82) is 0 Å². The molecule has 1 unspecified atom stereocenters. The molecule has 0 heterocycles. The van der Waals surface area contributed by atoms with Gasteiger partial charge in [0.25, 0.3) is 0 Å². The van der Waals surface area contributed by atoms with E-state index in [-0.39, 0.29) is 6.04 Å². The van der Waals surface area contributed by atoms with Crippen LogP contribution in [0.3, 0.4) is 0 Å². The molecule has 19 heavy (non-hydrogen) atoms. The Labute approximate surface area is 117 Å². The first kappa shape index (κ1) is 16.0. The Morgan fingerprint density at radius 2 is 1.79 bits per heavy atom. The van der Waals surface area contributed by atoms with E-state index in [1.54, 1.807) is 0 Å². The van der Waals surface area contributed by atoms with Crippen LogP contribution in [0.1, 0.15) is 45.7 Å². The maximum atomic E-state index is 6.00. The van der Waals surface area contributed by atoms with E-state index >= 15 is 0 Å². The van der Waals surface area contributed by atoms with Crippen LogP contribution in [0.15, 0.2) is 24.3 Å². The van der Waals surface area contributed by atoms with E-state index in [1.807, 2.05) is 19.1 Å². The molecule has 2 N–H and O–H groups in total. The highest BCUT2D eigenvalue weighted by atomic mass is 16.5. The predicted octanol–water partition coefficient (Wildman–Crippen LogP) is 3.21. The van der Waals surface area contributed by atoms with E-state index < -0.39 is 0 Å². The monoisotopic (exact) mass is 264 g/mol. The topological polar surface area (TPSA) is 38.5 Å². The number of benzene rings is 1. The summed E-state index contributed by atoms with van der Waals surface area (Å²) in [5.41, 5.74) is 7.27. The van der Waals surface area contributed by atoms with Crippen molar-refractivity contribution in [1.82, 2.24) is 4.90 Å². The lowest BCUT2D eigenvalue weighted by Gasteiger charge is -2.34. The zero-order chi connectivity index (χ0) is 14.3. The van der Waals surface area contributed by atoms with Crippen LogP contribution < -0.4 is 10.5 Å². The zero-order valence-corrected chi connectivity index (χ0v) is 12.7. The van der Waals surface area contributed by atoms with Crippen LogP contribution >= 0.6 is 0 Å². The van der Waals surface area contributed by atoms with Crippen molar-refractivity contribution in [2.24, 2.45) is 5.73 Å². The highest BCUT2D eigenvalue weighted by Gasteiger charge is 2.20. The van der Waals surface area contributed by atoms with Gasteiger partial charge in [0.05, 0.1) is 6.61 Å². The lowest BCUT2D eigenvalue weighted by Crippen LogP contribution is -2.39. The van der Waals surface area contributed by atoms with E-state index in [0.29, 0.717) is 19.2 Å². The van der Waals surface area contributed by atoms with Crippen LogP contribution in [0.25, 0.3) is 0 Å². The van der Waals surface area contributed by atoms with Gasteiger partial charge in [0, 0.05) is 18.6 Å². The van der Waals surface area contributed by atoms with E-state index in [4.69, 9.17) is 10.5 Å². The number of hydrogen-bond donors (Lipinski definition) is 1. The maximum Gasteiger partial charge on any atom is 0.119 e. The van der Waals surface area contributed by atoms with E-state index in [2.05, 4.69) is 37.8 Å². The van der Waals surface area contributed by atoms with Crippen molar-refractivity contribution in [2.75, 3.05) is 19.7 Å². The Balaban J connectivity index is 2.88. The fourth-order valence-electron chi connectivity index (χ4n) is 2.45. The molecule has 1 aromatic rings. The molecule has 0 bridgehead atoms. The van der Waals surface area contributed by atoms with E-state index in [0.717, 1.165) is 18.7 Å². The van der Waals surface area contributed by atoms with Gasteiger partial charge in [-0.05, 0) is 51.4 Å². The Bertz CT molecular complexity index is 348. The molecule has 108 valence electrons. The van der Waals surface area contributed by atoms with Crippen LogP contribution in [0.4, 0.5) is 0 Å². The molecule has 0 aliphatic carbocycles. The SMILES string of the molecule is CCCN(C(C)C)C(CN)c1ccc(OCC)cc1. The van der Waals surface area contributed by atoms with Crippen molar-refractivity contribution >= 4 is 0 Å². The molecule has 3 heteroatoms. The summed E-state index contributed by atoms with van der Waals surface area (Å²) < 4.78 is 5.48. The summed E-state index contributed by atoms with van der Waals surface area (Å²) in [5.74, 6) is 0.925. The normalized spacial score (nSPS) is 13.0. The minimum absolute atomic E-state index is 0.288. The molecular weight excluding hydrogens is 236 g/mol. The zero-order valence-electron chi connectivity index (χ0n) is 12.7. The molecule has 1 rings (SSSR count). The van der Waals surface area contributed by atoms with Gasteiger partial charge in [-0.1, -0.05) is 19.1 Å². The van der Waals surface area contributed by atoms with Crippen molar-refractivity contribution in [3.05, 3.63) is 29.8 Å². The lowest BCUT2D eigenvalue weighted by atomic mass is 10.0. The molecule has 0 spiro atoms. The smallest absolute Gasteiger partial charge is 0.119 e. The number of ether oxygens (including phenoxy) is 1. The Morgan fingerprint density at radius 3 is 2.21 bits per heavy atom. The summed E-state index contributed by atoms with van der Waals surface area (Å²) in [6, 6.07) is 9.12. The van der Waals surface area contributed by atoms with Crippen molar-refractivity contribution < 1.29 is 4.74 Å². The number of nitrogens with two attached hydrogens (primary N) is 1. The van der Waals surface area contributed by atoms with Crippen LogP contribution in [0, 0.1) is 0 Å². The maximum absolute atomic E-state index is 6.00. The van der Waals surface area contributed by atoms with Gasteiger partial charge in [0.1, 0.15) is 5.75 Å². The second kappa shape index (κ2) is 8.18. The quantitative estimate of drug-likeness (QED) is 0.783. The molecular formula is C16H28N2O. The summed E-state index contributed by atoms with van der Waals surface area (Å²) in [6.45, 7) is 11.1. The van der Waals surface area contributed by atoms with Crippen molar-refractivity contribution in [3.8, 4) is 5.75 Å². The summed E-state index contributed by atoms with van der Waals surface area (Å²) in [5, 5.41) is 0. The second-order valence-electron chi connectivity index (χ2n) is 5.09. The van der Waals surface area contributed by atoms with Crippen LogP contribution in [-0.2, 0) is 0 Å². The van der Waals surface area contributed by atoms with Crippen molar-refractivity contribution in [3.63, 3.8) is 0 Å². The van der Waals surface area contributed by atoms with Gasteiger partial charge in [-0.25, -0.2) is 0 Å². The minimum atomic E-state index is 0.288. The van der Waals surface area contributed by atoms with Crippen LogP contribution in [-0.4, -0.2) is 30.6 Å². The first-order valence-electron chi connectivity index (χ1n) is 7.32. The van der Waals surface area contributed by atoms with Gasteiger partial charge in [-0.2, -0.15) is 0 Å². The summed E-state index contributed by atoms with van der Waals surface area (Å²) in [4.78, 5) is 2.47. The molecule has 0 saturated heterocycles. The average Bonchev–Trinajstić information content (AvgIpc) is 2.40. The standard InChI is InChI=1S/C16H28N2O/c1-5-11-18(13(3)4)16(12-17)14-7-9-15(10-8-14)19-6-2/h7-10,13,16H,5-6,11-12,17H2,1-4H3. The fraction of sp³-hybridized carbons (Fsp3) is 0.625. The molecule has 3 nitrogen and oxygen atoms in total. The molecule has 0 aromatic heterocycles. The third-order valence-corrected chi connectivity index (χ3v) is 3.34. The molecule has 0 amide bonds. The first-order valence-corrected chi connectivity index (χ1v) is 7.32. The summed E-state index contributed by atoms with van der Waals surface area (Å²) in [6.07, 6.45) is 1.14. The third kappa shape index (κ3) is 4.51. The first-order chi connectivity index (χ1) is 9.13. The average molecular weight is 264 g/mol. The molecule has 0 aliphatic rings. The summed E-state index contributed by atoms with van der Waals surface area (Å²) in [7, 11) is 0. The predicted molar refractivity (Wildman–Crippen MR) is 81.5 cm³/mol. The van der Waals surface area contributed by atoms with Crippen LogP contribution in [0.5, 0.6) is 5.75 Å². The van der Waals surface area contributed by atoms with Gasteiger partial charge in [0.2, 0.25) is 0 Å². The van der Waals surface area contributed by atoms with Crippen LogP contribution in [0.2, 0.25) is 0 Å². The second-order valence-corrected chi connectivity index (χ2v) is 5.09. The van der Waals surface area contributed by atoms with Gasteiger partial charge < -0.3 is 10.5 Å². The fourth-order valence-corrected chi connectivity index (χ4v) is 2.45. The van der Waals surface area contributed by atoms with Gasteiger partial charge in [0.15, 0.2) is 0 Å². The summed E-state index contributed by atoms with van der Waals surface area (Å²) >= 11 is 0. The molecule has 1 atom stereocenters. The Hall–Kier alpha value is -1.06. The molecule has 0 aliphatic heterocycles. The number of nitrogens with zero attached hydrogens (tertiary/aromatic N) is 1.